The molecule has 0 saturated carbocycles. The molecule has 0 fully saturated rings. The van der Waals surface area contributed by atoms with Crippen molar-refractivity contribution < 1.29 is 4.74 Å². The lowest BCUT2D eigenvalue weighted by molar-refractivity contribution is 0.0694. The molecule has 146 valence electrons. The van der Waals surface area contributed by atoms with Gasteiger partial charge in [-0.25, -0.2) is 0 Å². The molecular weight excluding hydrogens is 340 g/mol. The number of aryl methyl sites for hydroxylation is 1. The highest BCUT2D eigenvalue weighted by atomic mass is 16.5. The van der Waals surface area contributed by atoms with Crippen molar-refractivity contribution in [3.05, 3.63) is 42.0 Å². The second kappa shape index (κ2) is 8.41. The molecule has 3 rings (SSSR count). The molecule has 27 heavy (non-hydrogen) atoms. The van der Waals surface area contributed by atoms with Crippen molar-refractivity contribution in [3.63, 3.8) is 0 Å². The number of nitrogens with zero attached hydrogens (tertiary/aromatic N) is 4. The molecule has 0 spiro atoms. The smallest absolute Gasteiger partial charge is 0.191 e. The number of para-hydroxylation sites is 1. The highest BCUT2D eigenvalue weighted by Gasteiger charge is 2.33. The van der Waals surface area contributed by atoms with Gasteiger partial charge in [0.05, 0.1) is 12.6 Å². The lowest BCUT2D eigenvalue weighted by Crippen LogP contribution is -2.45. The zero-order valence-corrected chi connectivity index (χ0v) is 16.7. The molecule has 7 heteroatoms. The summed E-state index contributed by atoms with van der Waals surface area (Å²) in [6, 6.07) is 8.38. The molecule has 2 N–H and O–H groups in total. The lowest BCUT2D eigenvalue weighted by atomic mass is 9.90. The first kappa shape index (κ1) is 19.2. The standard InChI is InChI=1S/C20H30N6O/c1-5-18-25-23-14-26(18)12-11-22-19(21-6-2)24-16-13-20(3,4)27-17-10-8-7-9-15(16)17/h7-10,14,16H,5-6,11-13H2,1-4H3,(H2,21,22,24). The molecule has 2 heterocycles. The molecule has 0 bridgehead atoms. The van der Waals surface area contributed by atoms with Gasteiger partial charge >= 0.3 is 0 Å². The van der Waals surface area contributed by atoms with Gasteiger partial charge in [-0.1, -0.05) is 25.1 Å². The number of ether oxygens (including phenoxy) is 1. The van der Waals surface area contributed by atoms with Crippen molar-refractivity contribution >= 4 is 5.96 Å². The Balaban J connectivity index is 1.72. The normalized spacial score (nSPS) is 18.5. The monoisotopic (exact) mass is 370 g/mol. The summed E-state index contributed by atoms with van der Waals surface area (Å²) < 4.78 is 8.18. The first-order valence-corrected chi connectivity index (χ1v) is 9.72. The van der Waals surface area contributed by atoms with Gasteiger partial charge in [-0.05, 0) is 26.8 Å². The van der Waals surface area contributed by atoms with Crippen molar-refractivity contribution in [2.24, 2.45) is 4.99 Å². The SMILES string of the molecule is CCNC(=NCCn1cnnc1CC)NC1CC(C)(C)Oc2ccccc21. The number of nitrogens with one attached hydrogen (secondary N) is 2. The number of rotatable bonds is 6. The van der Waals surface area contributed by atoms with E-state index in [1.165, 1.54) is 5.56 Å². The van der Waals surface area contributed by atoms with Gasteiger partial charge < -0.3 is 19.9 Å². The zero-order valence-electron chi connectivity index (χ0n) is 16.7. The first-order valence-electron chi connectivity index (χ1n) is 9.72. The van der Waals surface area contributed by atoms with E-state index in [0.717, 1.165) is 43.5 Å². The molecule has 0 saturated heterocycles. The Hall–Kier alpha value is -2.57. The fourth-order valence-electron chi connectivity index (χ4n) is 3.43. The van der Waals surface area contributed by atoms with Gasteiger partial charge in [0.1, 0.15) is 23.5 Å². The molecule has 1 unspecified atom stereocenters. The molecule has 1 aliphatic heterocycles. The van der Waals surface area contributed by atoms with E-state index in [2.05, 4.69) is 65.2 Å². The molecule has 0 aliphatic carbocycles. The Labute approximate surface area is 161 Å². The predicted molar refractivity (Wildman–Crippen MR) is 107 cm³/mol. The van der Waals surface area contributed by atoms with Gasteiger partial charge in [0.2, 0.25) is 0 Å². The van der Waals surface area contributed by atoms with Crippen LogP contribution >= 0.6 is 0 Å². The summed E-state index contributed by atoms with van der Waals surface area (Å²) in [5.41, 5.74) is 0.955. The molecule has 0 radical (unpaired) electrons. The maximum absolute atomic E-state index is 6.13. The average Bonchev–Trinajstić information content (AvgIpc) is 3.08. The van der Waals surface area contributed by atoms with Crippen LogP contribution < -0.4 is 15.4 Å². The van der Waals surface area contributed by atoms with Crippen LogP contribution in [0.2, 0.25) is 0 Å². The molecule has 7 nitrogen and oxygen atoms in total. The van der Waals surface area contributed by atoms with Crippen molar-refractivity contribution in [2.75, 3.05) is 13.1 Å². The molecule has 0 amide bonds. The van der Waals surface area contributed by atoms with Gasteiger partial charge in [0.15, 0.2) is 5.96 Å². The van der Waals surface area contributed by atoms with E-state index in [1.807, 2.05) is 12.1 Å². The van der Waals surface area contributed by atoms with E-state index in [0.29, 0.717) is 6.54 Å². The number of hydrogen-bond acceptors (Lipinski definition) is 4. The number of hydrogen-bond donors (Lipinski definition) is 2. The van der Waals surface area contributed by atoms with Crippen LogP contribution in [0.15, 0.2) is 35.6 Å². The van der Waals surface area contributed by atoms with E-state index in [9.17, 15) is 0 Å². The first-order chi connectivity index (χ1) is 13.0. The average molecular weight is 371 g/mol. The van der Waals surface area contributed by atoms with Crippen LogP contribution in [-0.4, -0.2) is 39.4 Å². The lowest BCUT2D eigenvalue weighted by Gasteiger charge is -2.38. The fourth-order valence-corrected chi connectivity index (χ4v) is 3.43. The minimum Gasteiger partial charge on any atom is -0.487 e. The fraction of sp³-hybridized carbons (Fsp3) is 0.550. The predicted octanol–water partition coefficient (Wildman–Crippen LogP) is 2.70. The van der Waals surface area contributed by atoms with Crippen molar-refractivity contribution in [1.29, 1.82) is 0 Å². The third-order valence-electron chi connectivity index (χ3n) is 4.65. The summed E-state index contributed by atoms with van der Waals surface area (Å²) in [5, 5.41) is 15.1. The van der Waals surface area contributed by atoms with Crippen molar-refractivity contribution in [3.8, 4) is 5.75 Å². The van der Waals surface area contributed by atoms with E-state index < -0.39 is 0 Å². The zero-order chi connectivity index (χ0) is 19.3. The van der Waals surface area contributed by atoms with Crippen LogP contribution in [0, 0.1) is 0 Å². The Morgan fingerprint density at radius 1 is 1.33 bits per heavy atom. The van der Waals surface area contributed by atoms with Crippen LogP contribution in [0.3, 0.4) is 0 Å². The maximum atomic E-state index is 6.13. The number of guanidine groups is 1. The van der Waals surface area contributed by atoms with Crippen LogP contribution in [0.1, 0.15) is 51.5 Å². The summed E-state index contributed by atoms with van der Waals surface area (Å²) in [6.07, 6.45) is 3.52. The van der Waals surface area contributed by atoms with Gasteiger partial charge in [-0.15, -0.1) is 10.2 Å². The summed E-state index contributed by atoms with van der Waals surface area (Å²) in [5.74, 6) is 2.75. The number of benzene rings is 1. The van der Waals surface area contributed by atoms with Crippen LogP contribution in [-0.2, 0) is 13.0 Å². The summed E-state index contributed by atoms with van der Waals surface area (Å²) in [6.45, 7) is 10.7. The minimum atomic E-state index is -0.220. The van der Waals surface area contributed by atoms with Crippen molar-refractivity contribution in [2.45, 2.75) is 58.7 Å². The Morgan fingerprint density at radius 3 is 2.93 bits per heavy atom. The molecule has 1 aromatic heterocycles. The van der Waals surface area contributed by atoms with Crippen molar-refractivity contribution in [1.82, 2.24) is 25.4 Å². The van der Waals surface area contributed by atoms with Crippen LogP contribution in [0.4, 0.5) is 0 Å². The van der Waals surface area contributed by atoms with E-state index in [1.54, 1.807) is 6.33 Å². The third kappa shape index (κ3) is 4.78. The molecular formula is C20H30N6O. The molecule has 1 atom stereocenters. The highest BCUT2D eigenvalue weighted by Crippen LogP contribution is 2.39. The second-order valence-corrected chi connectivity index (χ2v) is 7.36. The Kier molecular flexibility index (Phi) is 5.98. The second-order valence-electron chi connectivity index (χ2n) is 7.36. The molecule has 2 aromatic rings. The maximum Gasteiger partial charge on any atom is 0.191 e. The summed E-state index contributed by atoms with van der Waals surface area (Å²) >= 11 is 0. The minimum absolute atomic E-state index is 0.156. The van der Waals surface area contributed by atoms with Gasteiger partial charge in [0, 0.05) is 31.5 Å². The Morgan fingerprint density at radius 2 is 2.15 bits per heavy atom. The third-order valence-corrected chi connectivity index (χ3v) is 4.65. The molecule has 1 aromatic carbocycles. The topological polar surface area (TPSA) is 76.4 Å². The van der Waals surface area contributed by atoms with E-state index >= 15 is 0 Å². The largest absolute Gasteiger partial charge is 0.487 e. The van der Waals surface area contributed by atoms with Crippen LogP contribution in [0.5, 0.6) is 5.75 Å². The van der Waals surface area contributed by atoms with E-state index in [4.69, 9.17) is 9.73 Å². The van der Waals surface area contributed by atoms with Crippen LogP contribution in [0.25, 0.3) is 0 Å². The van der Waals surface area contributed by atoms with E-state index in [-0.39, 0.29) is 11.6 Å². The van der Waals surface area contributed by atoms with Gasteiger partial charge in [-0.2, -0.15) is 0 Å². The quantitative estimate of drug-likeness (QED) is 0.604. The number of aromatic nitrogens is 3. The summed E-state index contributed by atoms with van der Waals surface area (Å²) in [4.78, 5) is 4.76. The summed E-state index contributed by atoms with van der Waals surface area (Å²) in [7, 11) is 0. The highest BCUT2D eigenvalue weighted by molar-refractivity contribution is 5.80. The number of fused-ring (bicyclic) bond motifs is 1. The van der Waals surface area contributed by atoms with Gasteiger partial charge in [0.25, 0.3) is 0 Å². The van der Waals surface area contributed by atoms with Gasteiger partial charge in [-0.3, -0.25) is 4.99 Å². The number of aliphatic imine (C=N–C) groups is 1. The Bertz CT molecular complexity index is 782. The molecule has 1 aliphatic rings.